The van der Waals surface area contributed by atoms with E-state index in [1.807, 2.05) is 0 Å². The largest absolute Gasteiger partial charge is 0.465 e. The minimum Gasteiger partial charge on any atom is -0.465 e. The van der Waals surface area contributed by atoms with Gasteiger partial charge in [-0.3, -0.25) is 4.79 Å². The quantitative estimate of drug-likeness (QED) is 0.855. The van der Waals surface area contributed by atoms with E-state index < -0.39 is 5.97 Å². The lowest BCUT2D eigenvalue weighted by molar-refractivity contribution is -0.0230. The molecule has 0 spiro atoms. The number of rotatable bonds is 3. The molecular weight excluding hydrogens is 339 g/mol. The Morgan fingerprint density at radius 1 is 1.27 bits per heavy atom. The highest BCUT2D eigenvalue weighted by Gasteiger charge is 2.30. The fourth-order valence-corrected chi connectivity index (χ4v) is 3.24. The fourth-order valence-electron chi connectivity index (χ4n) is 3.24. The summed E-state index contributed by atoms with van der Waals surface area (Å²) < 4.78 is 23.6. The second-order valence-electron chi connectivity index (χ2n) is 6.28. The van der Waals surface area contributed by atoms with Gasteiger partial charge in [-0.1, -0.05) is 12.1 Å². The summed E-state index contributed by atoms with van der Waals surface area (Å²) in [7, 11) is 1.31. The van der Waals surface area contributed by atoms with Crippen LogP contribution in [0.2, 0.25) is 0 Å². The first-order valence-corrected chi connectivity index (χ1v) is 8.36. The lowest BCUT2D eigenvalue weighted by Crippen LogP contribution is -2.42. The van der Waals surface area contributed by atoms with Gasteiger partial charge in [0.15, 0.2) is 0 Å². The molecule has 138 valence electrons. The highest BCUT2D eigenvalue weighted by atomic mass is 19.1. The second kappa shape index (κ2) is 7.29. The number of carbonyl (C=O) groups excluding carboxylic acids is 2. The maximum Gasteiger partial charge on any atom is 0.339 e. The van der Waals surface area contributed by atoms with Crippen molar-refractivity contribution in [2.75, 3.05) is 26.8 Å². The third kappa shape index (κ3) is 3.35. The van der Waals surface area contributed by atoms with Crippen LogP contribution >= 0.6 is 0 Å². The number of hydrogen-bond acceptors (Lipinski definition) is 4. The highest BCUT2D eigenvalue weighted by Crippen LogP contribution is 2.25. The van der Waals surface area contributed by atoms with Gasteiger partial charge in [0.2, 0.25) is 0 Å². The number of hydrogen-bond donors (Lipinski definition) is 1. The van der Waals surface area contributed by atoms with E-state index in [2.05, 4.69) is 4.98 Å². The molecular formula is C19H21FN2O4. The van der Waals surface area contributed by atoms with Crippen molar-refractivity contribution < 1.29 is 23.5 Å². The molecule has 26 heavy (non-hydrogen) atoms. The van der Waals surface area contributed by atoms with E-state index in [4.69, 9.17) is 9.47 Å². The van der Waals surface area contributed by atoms with Crippen molar-refractivity contribution >= 4 is 11.9 Å². The summed E-state index contributed by atoms with van der Waals surface area (Å²) in [5, 5.41) is 0. The molecule has 7 heteroatoms. The van der Waals surface area contributed by atoms with Crippen LogP contribution in [0.4, 0.5) is 4.39 Å². The molecule has 1 aromatic heterocycles. The third-order valence-corrected chi connectivity index (χ3v) is 4.64. The average molecular weight is 360 g/mol. The van der Waals surface area contributed by atoms with Gasteiger partial charge in [0.1, 0.15) is 17.6 Å². The Kier molecular flexibility index (Phi) is 5.08. The van der Waals surface area contributed by atoms with Crippen molar-refractivity contribution in [2.24, 2.45) is 0 Å². The maximum absolute atomic E-state index is 13.1. The topological polar surface area (TPSA) is 71.6 Å². The fraction of sp³-hybridized carbons (Fsp3) is 0.368. The predicted octanol–water partition coefficient (Wildman–Crippen LogP) is 2.77. The lowest BCUT2D eigenvalue weighted by atomic mass is 10.1. The summed E-state index contributed by atoms with van der Waals surface area (Å²) in [5.74, 6) is -0.983. The van der Waals surface area contributed by atoms with Crippen LogP contribution in [0.5, 0.6) is 0 Å². The van der Waals surface area contributed by atoms with E-state index in [1.54, 1.807) is 30.9 Å². The van der Waals surface area contributed by atoms with Crippen molar-refractivity contribution in [1.29, 1.82) is 0 Å². The number of amides is 1. The van der Waals surface area contributed by atoms with Gasteiger partial charge in [-0.2, -0.15) is 0 Å². The normalized spacial score (nSPS) is 17.2. The van der Waals surface area contributed by atoms with Crippen molar-refractivity contribution in [3.05, 3.63) is 58.2 Å². The maximum atomic E-state index is 13.1. The van der Waals surface area contributed by atoms with E-state index >= 15 is 0 Å². The van der Waals surface area contributed by atoms with Crippen molar-refractivity contribution in [3.8, 4) is 0 Å². The monoisotopic (exact) mass is 360 g/mol. The second-order valence-corrected chi connectivity index (χ2v) is 6.28. The van der Waals surface area contributed by atoms with Gasteiger partial charge >= 0.3 is 5.97 Å². The van der Waals surface area contributed by atoms with E-state index in [0.29, 0.717) is 42.2 Å². The number of ether oxygens (including phenoxy) is 2. The zero-order chi connectivity index (χ0) is 18.8. The number of carbonyl (C=O) groups is 2. The van der Waals surface area contributed by atoms with Crippen LogP contribution in [0.25, 0.3) is 0 Å². The van der Waals surface area contributed by atoms with Gasteiger partial charge in [0.25, 0.3) is 5.91 Å². The van der Waals surface area contributed by atoms with Crippen molar-refractivity contribution in [3.63, 3.8) is 0 Å². The number of H-pyrrole nitrogens is 1. The molecule has 1 fully saturated rings. The number of morpholine rings is 1. The van der Waals surface area contributed by atoms with Crippen LogP contribution in [0.3, 0.4) is 0 Å². The lowest BCUT2D eigenvalue weighted by Gasteiger charge is -2.33. The zero-order valence-electron chi connectivity index (χ0n) is 15.0. The molecule has 0 saturated carbocycles. The van der Waals surface area contributed by atoms with Crippen LogP contribution in [-0.4, -0.2) is 48.6 Å². The number of nitrogens with one attached hydrogen (secondary N) is 1. The molecule has 1 aromatic carbocycles. The first kappa shape index (κ1) is 18.1. The predicted molar refractivity (Wildman–Crippen MR) is 92.6 cm³/mol. The molecule has 0 radical (unpaired) electrons. The first-order chi connectivity index (χ1) is 12.4. The van der Waals surface area contributed by atoms with E-state index in [1.165, 1.54) is 19.2 Å². The number of benzene rings is 1. The minimum atomic E-state index is -0.471. The Bertz CT molecular complexity index is 829. The number of aryl methyl sites for hydroxylation is 1. The van der Waals surface area contributed by atoms with Gasteiger partial charge in [-0.15, -0.1) is 0 Å². The summed E-state index contributed by atoms with van der Waals surface area (Å²) in [4.78, 5) is 29.6. The Morgan fingerprint density at radius 3 is 2.62 bits per heavy atom. The standard InChI is InChI=1S/C19H21FN2O4/c1-11-16(19(24)25-3)12(2)21-17(11)18(23)22-8-9-26-15(10-22)13-4-6-14(20)7-5-13/h4-7,15,21H,8-10H2,1-3H3/t15-/m1/s1. The van der Waals surface area contributed by atoms with Crippen LogP contribution in [-0.2, 0) is 9.47 Å². The molecule has 2 aromatic rings. The molecule has 2 heterocycles. The summed E-state index contributed by atoms with van der Waals surface area (Å²) in [6, 6.07) is 6.07. The Hall–Kier alpha value is -2.67. The van der Waals surface area contributed by atoms with Crippen molar-refractivity contribution in [1.82, 2.24) is 9.88 Å². The summed E-state index contributed by atoms with van der Waals surface area (Å²) in [6.07, 6.45) is -0.315. The number of methoxy groups -OCH3 is 1. The van der Waals surface area contributed by atoms with Crippen LogP contribution in [0, 0.1) is 19.7 Å². The first-order valence-electron chi connectivity index (χ1n) is 8.36. The zero-order valence-corrected chi connectivity index (χ0v) is 15.0. The summed E-state index contributed by atoms with van der Waals surface area (Å²) >= 11 is 0. The molecule has 0 aliphatic carbocycles. The highest BCUT2D eigenvalue weighted by molar-refractivity contribution is 6.00. The number of halogens is 1. The molecule has 3 rings (SSSR count). The Labute approximate surface area is 150 Å². The molecule has 0 unspecified atom stereocenters. The van der Waals surface area contributed by atoms with E-state index in [0.717, 1.165) is 5.56 Å². The smallest absolute Gasteiger partial charge is 0.339 e. The van der Waals surface area contributed by atoms with Gasteiger partial charge < -0.3 is 19.4 Å². The molecule has 1 saturated heterocycles. The average Bonchev–Trinajstić information content (AvgIpc) is 2.95. The van der Waals surface area contributed by atoms with Gasteiger partial charge in [0, 0.05) is 12.2 Å². The van der Waals surface area contributed by atoms with Crippen molar-refractivity contribution in [2.45, 2.75) is 20.0 Å². The number of aromatic amines is 1. The molecule has 1 N–H and O–H groups in total. The van der Waals surface area contributed by atoms with Crippen LogP contribution in [0.1, 0.15) is 43.8 Å². The van der Waals surface area contributed by atoms with E-state index in [9.17, 15) is 14.0 Å². The third-order valence-electron chi connectivity index (χ3n) is 4.64. The molecule has 1 aliphatic rings. The van der Waals surface area contributed by atoms with Crippen LogP contribution < -0.4 is 0 Å². The summed E-state index contributed by atoms with van der Waals surface area (Å²) in [5.41, 5.74) is 2.76. The van der Waals surface area contributed by atoms with E-state index in [-0.39, 0.29) is 17.8 Å². The molecule has 6 nitrogen and oxygen atoms in total. The van der Waals surface area contributed by atoms with Gasteiger partial charge in [-0.25, -0.2) is 9.18 Å². The SMILES string of the molecule is COC(=O)c1c(C)[nH]c(C(=O)N2CCO[C@@H](c3ccc(F)cc3)C2)c1C. The number of aromatic nitrogens is 1. The number of esters is 1. The molecule has 1 atom stereocenters. The minimum absolute atomic E-state index is 0.198. The molecule has 1 amide bonds. The van der Waals surface area contributed by atoms with Gasteiger partial charge in [0.05, 0.1) is 25.8 Å². The Balaban J connectivity index is 1.82. The summed E-state index contributed by atoms with van der Waals surface area (Å²) in [6.45, 7) is 4.64. The van der Waals surface area contributed by atoms with Crippen LogP contribution in [0.15, 0.2) is 24.3 Å². The molecule has 1 aliphatic heterocycles. The molecule has 0 bridgehead atoms. The number of nitrogens with zero attached hydrogens (tertiary/aromatic N) is 1. The van der Waals surface area contributed by atoms with Gasteiger partial charge in [-0.05, 0) is 37.1 Å². The Morgan fingerprint density at radius 2 is 1.96 bits per heavy atom.